The van der Waals surface area contributed by atoms with Crippen LogP contribution in [-0.4, -0.2) is 46.4 Å². The molecular weight excluding hydrogens is 354 g/mol. The average molecular weight is 375 g/mol. The maximum absolute atomic E-state index is 12.5. The molecule has 1 atom stereocenters. The van der Waals surface area contributed by atoms with Gasteiger partial charge in [-0.05, 0) is 30.4 Å². The number of anilines is 2. The van der Waals surface area contributed by atoms with Crippen molar-refractivity contribution in [2.45, 2.75) is 25.4 Å². The van der Waals surface area contributed by atoms with Gasteiger partial charge >= 0.3 is 0 Å². The Labute approximate surface area is 155 Å². The molecule has 2 heterocycles. The minimum absolute atomic E-state index is 0.103. The SMILES string of the molecule is CCSc1n[nH]c(NC(=O)C2CC(=O)N(c3cc(C)ccc3OC)C2)n1. The van der Waals surface area contributed by atoms with Gasteiger partial charge in [0, 0.05) is 13.0 Å². The number of H-pyrrole nitrogens is 1. The topological polar surface area (TPSA) is 100 Å². The molecule has 3 rings (SSSR count). The third kappa shape index (κ3) is 3.82. The van der Waals surface area contributed by atoms with Gasteiger partial charge in [-0.1, -0.05) is 24.8 Å². The number of methoxy groups -OCH3 is 1. The number of carbonyl (C=O) groups excluding carboxylic acids is 2. The highest BCUT2D eigenvalue weighted by molar-refractivity contribution is 7.99. The summed E-state index contributed by atoms with van der Waals surface area (Å²) in [6.07, 6.45) is 0.146. The molecule has 1 fully saturated rings. The zero-order chi connectivity index (χ0) is 18.7. The number of benzene rings is 1. The van der Waals surface area contributed by atoms with Gasteiger partial charge in [0.15, 0.2) is 0 Å². The van der Waals surface area contributed by atoms with Crippen LogP contribution in [-0.2, 0) is 9.59 Å². The zero-order valence-corrected chi connectivity index (χ0v) is 15.7. The Morgan fingerprint density at radius 1 is 1.50 bits per heavy atom. The molecule has 1 aliphatic heterocycles. The molecule has 2 N–H and O–H groups in total. The molecule has 0 radical (unpaired) electrons. The van der Waals surface area contributed by atoms with Crippen LogP contribution in [0.5, 0.6) is 5.75 Å². The van der Waals surface area contributed by atoms with Gasteiger partial charge < -0.3 is 9.64 Å². The number of thioether (sulfide) groups is 1. The number of aromatic nitrogens is 3. The first-order valence-electron chi connectivity index (χ1n) is 8.33. The summed E-state index contributed by atoms with van der Waals surface area (Å²) in [7, 11) is 1.56. The van der Waals surface area contributed by atoms with Gasteiger partial charge in [0.2, 0.25) is 22.9 Å². The molecule has 138 valence electrons. The lowest BCUT2D eigenvalue weighted by Crippen LogP contribution is -2.28. The maximum Gasteiger partial charge on any atom is 0.232 e. The molecule has 1 aromatic carbocycles. The highest BCUT2D eigenvalue weighted by atomic mass is 32.2. The van der Waals surface area contributed by atoms with Crippen molar-refractivity contribution in [3.8, 4) is 5.75 Å². The van der Waals surface area contributed by atoms with Crippen molar-refractivity contribution in [1.82, 2.24) is 15.2 Å². The molecule has 8 nitrogen and oxygen atoms in total. The number of aromatic amines is 1. The van der Waals surface area contributed by atoms with E-state index in [-0.39, 0.29) is 18.2 Å². The lowest BCUT2D eigenvalue weighted by Gasteiger charge is -2.20. The monoisotopic (exact) mass is 375 g/mol. The maximum atomic E-state index is 12.5. The second-order valence-electron chi connectivity index (χ2n) is 5.97. The number of hydrogen-bond donors (Lipinski definition) is 2. The molecule has 26 heavy (non-hydrogen) atoms. The van der Waals surface area contributed by atoms with Crippen LogP contribution < -0.4 is 15.0 Å². The van der Waals surface area contributed by atoms with Crippen molar-refractivity contribution >= 4 is 35.2 Å². The summed E-state index contributed by atoms with van der Waals surface area (Å²) in [5.41, 5.74) is 1.71. The highest BCUT2D eigenvalue weighted by Crippen LogP contribution is 2.34. The van der Waals surface area contributed by atoms with E-state index in [4.69, 9.17) is 4.74 Å². The van der Waals surface area contributed by atoms with Crippen LogP contribution in [0.2, 0.25) is 0 Å². The van der Waals surface area contributed by atoms with Gasteiger partial charge in [-0.25, -0.2) is 5.10 Å². The Kier molecular flexibility index (Phi) is 5.46. The van der Waals surface area contributed by atoms with Crippen LogP contribution in [0, 0.1) is 12.8 Å². The Morgan fingerprint density at radius 2 is 2.31 bits per heavy atom. The molecular formula is C17H21N5O3S. The number of carbonyl (C=O) groups is 2. The molecule has 0 bridgehead atoms. The summed E-state index contributed by atoms with van der Waals surface area (Å²) in [5.74, 6) is 0.937. The van der Waals surface area contributed by atoms with Crippen LogP contribution in [0.3, 0.4) is 0 Å². The Morgan fingerprint density at radius 3 is 3.04 bits per heavy atom. The second kappa shape index (κ2) is 7.77. The first-order chi connectivity index (χ1) is 12.5. The fourth-order valence-electron chi connectivity index (χ4n) is 2.84. The van der Waals surface area contributed by atoms with Gasteiger partial charge in [0.1, 0.15) is 5.75 Å². The molecule has 1 unspecified atom stereocenters. The van der Waals surface area contributed by atoms with E-state index in [1.165, 1.54) is 11.8 Å². The Hall–Kier alpha value is -2.55. The number of ether oxygens (including phenoxy) is 1. The van der Waals surface area contributed by atoms with E-state index in [1.54, 1.807) is 12.0 Å². The van der Waals surface area contributed by atoms with Crippen molar-refractivity contribution < 1.29 is 14.3 Å². The predicted molar refractivity (Wildman–Crippen MR) is 99.6 cm³/mol. The van der Waals surface area contributed by atoms with Crippen LogP contribution in [0.4, 0.5) is 11.6 Å². The number of aryl methyl sites for hydroxylation is 1. The van der Waals surface area contributed by atoms with Crippen molar-refractivity contribution in [3.63, 3.8) is 0 Å². The summed E-state index contributed by atoms with van der Waals surface area (Å²) in [4.78, 5) is 30.8. The van der Waals surface area contributed by atoms with E-state index >= 15 is 0 Å². The number of nitrogens with zero attached hydrogens (tertiary/aromatic N) is 3. The lowest BCUT2D eigenvalue weighted by molar-refractivity contribution is -0.122. The molecule has 0 saturated carbocycles. The predicted octanol–water partition coefficient (Wildman–Crippen LogP) is 2.23. The number of nitrogens with one attached hydrogen (secondary N) is 2. The van der Waals surface area contributed by atoms with Crippen LogP contribution in [0.1, 0.15) is 18.9 Å². The standard InChI is InChI=1S/C17H21N5O3S/c1-4-26-17-19-16(20-21-17)18-15(24)11-8-14(23)22(9-11)12-7-10(2)5-6-13(12)25-3/h5-7,11H,4,8-9H2,1-3H3,(H2,18,19,20,21,24). The summed E-state index contributed by atoms with van der Waals surface area (Å²) in [6, 6.07) is 5.64. The largest absolute Gasteiger partial charge is 0.495 e. The van der Waals surface area contributed by atoms with Crippen molar-refractivity contribution in [1.29, 1.82) is 0 Å². The van der Waals surface area contributed by atoms with Crippen LogP contribution in [0.15, 0.2) is 23.4 Å². The van der Waals surface area contributed by atoms with Crippen LogP contribution in [0.25, 0.3) is 0 Å². The van der Waals surface area contributed by atoms with Gasteiger partial charge in [0.25, 0.3) is 0 Å². The first-order valence-corrected chi connectivity index (χ1v) is 9.31. The summed E-state index contributed by atoms with van der Waals surface area (Å²) in [5, 5.41) is 9.99. The average Bonchev–Trinajstić information content (AvgIpc) is 3.21. The number of hydrogen-bond acceptors (Lipinski definition) is 6. The first kappa shape index (κ1) is 18.2. The van der Waals surface area contributed by atoms with Gasteiger partial charge in [-0.15, -0.1) is 5.10 Å². The zero-order valence-electron chi connectivity index (χ0n) is 14.9. The van der Waals surface area contributed by atoms with E-state index < -0.39 is 5.92 Å². The lowest BCUT2D eigenvalue weighted by atomic mass is 10.1. The fourth-order valence-corrected chi connectivity index (χ4v) is 3.37. The third-order valence-electron chi connectivity index (χ3n) is 4.10. The van der Waals surface area contributed by atoms with Crippen molar-refractivity contribution in [3.05, 3.63) is 23.8 Å². The molecule has 2 aromatic rings. The molecule has 2 amide bonds. The Balaban J connectivity index is 1.71. The minimum atomic E-state index is -0.458. The van der Waals surface area contributed by atoms with Crippen molar-refractivity contribution in [2.75, 3.05) is 29.6 Å². The third-order valence-corrected chi connectivity index (χ3v) is 4.83. The van der Waals surface area contributed by atoms with E-state index in [9.17, 15) is 9.59 Å². The smallest absolute Gasteiger partial charge is 0.232 e. The van der Waals surface area contributed by atoms with Gasteiger partial charge in [-0.2, -0.15) is 4.98 Å². The van der Waals surface area contributed by atoms with Crippen LogP contribution >= 0.6 is 11.8 Å². The van der Waals surface area contributed by atoms with E-state index in [2.05, 4.69) is 20.5 Å². The van der Waals surface area contributed by atoms with E-state index in [0.29, 0.717) is 29.1 Å². The molecule has 0 spiro atoms. The second-order valence-corrected chi connectivity index (χ2v) is 7.20. The normalized spacial score (nSPS) is 16.8. The van der Waals surface area contributed by atoms with Gasteiger partial charge in [-0.3, -0.25) is 14.9 Å². The minimum Gasteiger partial charge on any atom is -0.495 e. The van der Waals surface area contributed by atoms with Gasteiger partial charge in [0.05, 0.1) is 18.7 Å². The summed E-state index contributed by atoms with van der Waals surface area (Å²) < 4.78 is 5.36. The summed E-state index contributed by atoms with van der Waals surface area (Å²) >= 11 is 1.48. The molecule has 1 aliphatic rings. The number of rotatable bonds is 6. The quantitative estimate of drug-likeness (QED) is 0.751. The van der Waals surface area contributed by atoms with E-state index in [0.717, 1.165) is 11.3 Å². The highest BCUT2D eigenvalue weighted by Gasteiger charge is 2.36. The van der Waals surface area contributed by atoms with E-state index in [1.807, 2.05) is 32.0 Å². The summed E-state index contributed by atoms with van der Waals surface area (Å²) in [6.45, 7) is 4.25. The molecule has 1 saturated heterocycles. The number of amides is 2. The molecule has 0 aliphatic carbocycles. The van der Waals surface area contributed by atoms with Crippen molar-refractivity contribution in [2.24, 2.45) is 5.92 Å². The fraction of sp³-hybridized carbons (Fsp3) is 0.412. The molecule has 9 heteroatoms. The Bertz CT molecular complexity index is 822. The molecule has 1 aromatic heterocycles.